The maximum Gasteiger partial charge on any atom is 0.221 e. The van der Waals surface area contributed by atoms with Crippen molar-refractivity contribution >= 4 is 34.2 Å². The second-order valence-corrected chi connectivity index (χ2v) is 4.80. The number of nitrogens with one attached hydrogen (secondary N) is 1. The Kier molecular flexibility index (Phi) is 3.12. The number of carbonyl (C=O) groups is 1. The van der Waals surface area contributed by atoms with E-state index in [1.807, 2.05) is 24.3 Å². The highest BCUT2D eigenvalue weighted by Gasteiger charge is 2.08. The van der Waals surface area contributed by atoms with Gasteiger partial charge in [-0.2, -0.15) is 0 Å². The molecule has 2 aromatic carbocycles. The largest absolute Gasteiger partial charge is 0.326 e. The molecule has 0 unspecified atom stereocenters. The molecule has 6 heteroatoms. The standard InChI is InChI=1S/C14H11ClN4O/c1-9(20)16-11-4-7-13-14(8-11)19(18-17-13)12-5-2-10(15)3-6-12/h2-8H,1H3,(H,16,20). The number of benzene rings is 2. The van der Waals surface area contributed by atoms with Crippen LogP contribution in [0.2, 0.25) is 5.02 Å². The number of aromatic nitrogens is 3. The molecular weight excluding hydrogens is 276 g/mol. The predicted molar refractivity (Wildman–Crippen MR) is 78.2 cm³/mol. The average molecular weight is 287 g/mol. The molecule has 3 rings (SSSR count). The van der Waals surface area contributed by atoms with E-state index in [4.69, 9.17) is 11.6 Å². The fourth-order valence-corrected chi connectivity index (χ4v) is 2.10. The first kappa shape index (κ1) is 12.6. The Hall–Kier alpha value is -2.40. The SMILES string of the molecule is CC(=O)Nc1ccc2nnn(-c3ccc(Cl)cc3)c2c1. The van der Waals surface area contributed by atoms with E-state index >= 15 is 0 Å². The zero-order valence-corrected chi connectivity index (χ0v) is 11.4. The maximum absolute atomic E-state index is 11.1. The number of hydrogen-bond donors (Lipinski definition) is 1. The summed E-state index contributed by atoms with van der Waals surface area (Å²) in [6.07, 6.45) is 0. The third-order valence-corrected chi connectivity index (χ3v) is 3.09. The van der Waals surface area contributed by atoms with E-state index in [2.05, 4.69) is 15.6 Å². The minimum atomic E-state index is -0.116. The topological polar surface area (TPSA) is 59.8 Å². The zero-order chi connectivity index (χ0) is 14.1. The lowest BCUT2D eigenvalue weighted by Gasteiger charge is -2.04. The first-order valence-electron chi connectivity index (χ1n) is 6.02. The van der Waals surface area contributed by atoms with Crippen LogP contribution in [0.25, 0.3) is 16.7 Å². The van der Waals surface area contributed by atoms with Crippen LogP contribution in [-0.2, 0) is 4.79 Å². The van der Waals surface area contributed by atoms with Gasteiger partial charge in [-0.15, -0.1) is 5.10 Å². The number of nitrogens with zero attached hydrogens (tertiary/aromatic N) is 3. The van der Waals surface area contributed by atoms with Gasteiger partial charge in [-0.25, -0.2) is 4.68 Å². The van der Waals surface area contributed by atoms with E-state index in [9.17, 15) is 4.79 Å². The summed E-state index contributed by atoms with van der Waals surface area (Å²) in [4.78, 5) is 11.1. The summed E-state index contributed by atoms with van der Waals surface area (Å²) in [5.74, 6) is -0.116. The molecular formula is C14H11ClN4O. The molecule has 1 N–H and O–H groups in total. The molecule has 0 aliphatic rings. The van der Waals surface area contributed by atoms with Crippen LogP contribution in [0, 0.1) is 0 Å². The van der Waals surface area contributed by atoms with Crippen molar-refractivity contribution in [3.63, 3.8) is 0 Å². The zero-order valence-electron chi connectivity index (χ0n) is 10.7. The number of rotatable bonds is 2. The molecule has 0 bridgehead atoms. The molecule has 1 aromatic heterocycles. The highest BCUT2D eigenvalue weighted by Crippen LogP contribution is 2.21. The smallest absolute Gasteiger partial charge is 0.221 e. The fraction of sp³-hybridized carbons (Fsp3) is 0.0714. The fourth-order valence-electron chi connectivity index (χ4n) is 1.97. The van der Waals surface area contributed by atoms with Gasteiger partial charge < -0.3 is 5.32 Å². The highest BCUT2D eigenvalue weighted by molar-refractivity contribution is 6.30. The van der Waals surface area contributed by atoms with E-state index in [1.165, 1.54) is 6.92 Å². The summed E-state index contributed by atoms with van der Waals surface area (Å²) < 4.78 is 1.71. The van der Waals surface area contributed by atoms with Crippen LogP contribution in [0.15, 0.2) is 42.5 Å². The van der Waals surface area contributed by atoms with Crippen LogP contribution in [0.5, 0.6) is 0 Å². The lowest BCUT2D eigenvalue weighted by molar-refractivity contribution is -0.114. The molecule has 0 aliphatic carbocycles. The Labute approximate surface area is 120 Å². The summed E-state index contributed by atoms with van der Waals surface area (Å²) >= 11 is 5.88. The van der Waals surface area contributed by atoms with Gasteiger partial charge in [0, 0.05) is 17.6 Å². The quantitative estimate of drug-likeness (QED) is 0.788. The first-order valence-corrected chi connectivity index (χ1v) is 6.40. The Bertz CT molecular complexity index is 779. The molecule has 5 nitrogen and oxygen atoms in total. The Balaban J connectivity index is 2.11. The van der Waals surface area contributed by atoms with Gasteiger partial charge in [0.25, 0.3) is 0 Å². The molecule has 0 saturated heterocycles. The van der Waals surface area contributed by atoms with Gasteiger partial charge in [0.15, 0.2) is 0 Å². The second kappa shape index (κ2) is 4.94. The number of amides is 1. The van der Waals surface area contributed by atoms with E-state index in [-0.39, 0.29) is 5.91 Å². The van der Waals surface area contributed by atoms with Crippen LogP contribution < -0.4 is 5.32 Å². The molecule has 0 spiro atoms. The van der Waals surface area contributed by atoms with Crippen molar-refractivity contribution in [2.24, 2.45) is 0 Å². The molecule has 3 aromatic rings. The van der Waals surface area contributed by atoms with E-state index in [0.29, 0.717) is 10.7 Å². The molecule has 0 fully saturated rings. The Morgan fingerprint density at radius 2 is 1.95 bits per heavy atom. The summed E-state index contributed by atoms with van der Waals surface area (Å²) in [6, 6.07) is 12.8. The van der Waals surface area contributed by atoms with Gasteiger partial charge in [-0.1, -0.05) is 16.8 Å². The first-order chi connectivity index (χ1) is 9.63. The number of halogens is 1. The van der Waals surface area contributed by atoms with Gasteiger partial charge in [0.2, 0.25) is 5.91 Å². The molecule has 100 valence electrons. The third kappa shape index (κ3) is 2.35. The monoisotopic (exact) mass is 286 g/mol. The van der Waals surface area contributed by atoms with Gasteiger partial charge in [0.05, 0.1) is 11.2 Å². The maximum atomic E-state index is 11.1. The predicted octanol–water partition coefficient (Wildman–Crippen LogP) is 3.03. The van der Waals surface area contributed by atoms with Crippen molar-refractivity contribution in [2.75, 3.05) is 5.32 Å². The van der Waals surface area contributed by atoms with Gasteiger partial charge >= 0.3 is 0 Å². The van der Waals surface area contributed by atoms with E-state index in [1.54, 1.807) is 22.9 Å². The van der Waals surface area contributed by atoms with Crippen LogP contribution >= 0.6 is 11.6 Å². The summed E-state index contributed by atoms with van der Waals surface area (Å²) in [6.45, 7) is 1.47. The molecule has 0 atom stereocenters. The third-order valence-electron chi connectivity index (χ3n) is 2.84. The van der Waals surface area contributed by atoms with Gasteiger partial charge in [0.1, 0.15) is 5.52 Å². The number of anilines is 1. The average Bonchev–Trinajstić information content (AvgIpc) is 2.82. The van der Waals surface area contributed by atoms with Crippen molar-refractivity contribution in [2.45, 2.75) is 6.92 Å². The second-order valence-electron chi connectivity index (χ2n) is 4.36. The van der Waals surface area contributed by atoms with Crippen LogP contribution in [0.1, 0.15) is 6.92 Å². The lowest BCUT2D eigenvalue weighted by atomic mass is 10.2. The number of hydrogen-bond acceptors (Lipinski definition) is 3. The normalized spacial score (nSPS) is 10.7. The van der Waals surface area contributed by atoms with Crippen molar-refractivity contribution in [3.8, 4) is 5.69 Å². The summed E-state index contributed by atoms with van der Waals surface area (Å²) in [7, 11) is 0. The Morgan fingerprint density at radius 3 is 2.65 bits per heavy atom. The van der Waals surface area contributed by atoms with Gasteiger partial charge in [-0.3, -0.25) is 4.79 Å². The van der Waals surface area contributed by atoms with Crippen molar-refractivity contribution in [1.29, 1.82) is 0 Å². The molecule has 20 heavy (non-hydrogen) atoms. The summed E-state index contributed by atoms with van der Waals surface area (Å²) in [5, 5.41) is 11.6. The summed E-state index contributed by atoms with van der Waals surface area (Å²) in [5.41, 5.74) is 3.15. The van der Waals surface area contributed by atoms with Gasteiger partial charge in [-0.05, 0) is 42.5 Å². The van der Waals surface area contributed by atoms with E-state index in [0.717, 1.165) is 16.7 Å². The number of carbonyl (C=O) groups excluding carboxylic acids is 1. The lowest BCUT2D eigenvalue weighted by Crippen LogP contribution is -2.05. The van der Waals surface area contributed by atoms with Crippen molar-refractivity contribution < 1.29 is 4.79 Å². The van der Waals surface area contributed by atoms with Crippen LogP contribution in [-0.4, -0.2) is 20.9 Å². The minimum absolute atomic E-state index is 0.116. The highest BCUT2D eigenvalue weighted by atomic mass is 35.5. The molecule has 0 radical (unpaired) electrons. The molecule has 1 heterocycles. The van der Waals surface area contributed by atoms with Crippen molar-refractivity contribution in [1.82, 2.24) is 15.0 Å². The molecule has 0 saturated carbocycles. The minimum Gasteiger partial charge on any atom is -0.326 e. The molecule has 1 amide bonds. The van der Waals surface area contributed by atoms with Crippen molar-refractivity contribution in [3.05, 3.63) is 47.5 Å². The molecule has 0 aliphatic heterocycles. The van der Waals surface area contributed by atoms with Crippen LogP contribution in [0.4, 0.5) is 5.69 Å². The Morgan fingerprint density at radius 1 is 1.20 bits per heavy atom. The number of fused-ring (bicyclic) bond motifs is 1. The van der Waals surface area contributed by atoms with E-state index < -0.39 is 0 Å². The van der Waals surface area contributed by atoms with Crippen LogP contribution in [0.3, 0.4) is 0 Å².